The van der Waals surface area contributed by atoms with Crippen LogP contribution < -0.4 is 5.56 Å². The van der Waals surface area contributed by atoms with Gasteiger partial charge in [-0.25, -0.2) is 0 Å². The van der Waals surface area contributed by atoms with Crippen molar-refractivity contribution in [2.75, 3.05) is 0 Å². The van der Waals surface area contributed by atoms with Gasteiger partial charge in [0.05, 0.1) is 22.1 Å². The monoisotopic (exact) mass is 452 g/mol. The van der Waals surface area contributed by atoms with E-state index in [1.807, 2.05) is 96.4 Å². The van der Waals surface area contributed by atoms with Gasteiger partial charge in [-0.1, -0.05) is 73.3 Å². The molecule has 0 N–H and O–H groups in total. The van der Waals surface area contributed by atoms with Gasteiger partial charge >= 0.3 is 0 Å². The number of fused-ring (bicyclic) bond motifs is 4. The Morgan fingerprint density at radius 2 is 1.29 bits per heavy atom. The molecule has 0 bridgehead atoms. The van der Waals surface area contributed by atoms with E-state index in [0.717, 1.165) is 49.8 Å². The molecule has 0 radical (unpaired) electrons. The maximum absolute atomic E-state index is 14.0. The minimum Gasteiger partial charge on any atom is -0.309 e. The molecule has 0 amide bonds. The molecule has 0 saturated heterocycles. The molecule has 0 fully saturated rings. The quantitative estimate of drug-likeness (QED) is 0.251. The summed E-state index contributed by atoms with van der Waals surface area (Å²) in [4.78, 5) is 14.0. The largest absolute Gasteiger partial charge is 0.309 e. The van der Waals surface area contributed by atoms with E-state index in [4.69, 9.17) is 0 Å². The Bertz CT molecular complexity index is 1820. The van der Waals surface area contributed by atoms with Crippen molar-refractivity contribution in [2.24, 2.45) is 0 Å². The number of rotatable bonds is 4. The molecule has 168 valence electrons. The minimum absolute atomic E-state index is 0.0275. The van der Waals surface area contributed by atoms with Crippen LogP contribution in [0.5, 0.6) is 0 Å². The second-order valence-electron chi connectivity index (χ2n) is 8.58. The number of allylic oxidation sites excluding steroid dienone is 1. The summed E-state index contributed by atoms with van der Waals surface area (Å²) in [5.41, 5.74) is 5.86. The molecule has 6 aromatic rings. The van der Waals surface area contributed by atoms with Crippen molar-refractivity contribution in [1.82, 2.24) is 9.13 Å². The van der Waals surface area contributed by atoms with E-state index in [1.54, 1.807) is 0 Å². The summed E-state index contributed by atoms with van der Waals surface area (Å²) in [6.45, 7) is 6.15. The maximum Gasteiger partial charge on any atom is 0.263 e. The fourth-order valence-electron chi connectivity index (χ4n) is 5.13. The van der Waals surface area contributed by atoms with Gasteiger partial charge in [0.1, 0.15) is 0 Å². The van der Waals surface area contributed by atoms with Gasteiger partial charge < -0.3 is 4.57 Å². The molecule has 0 unspecified atom stereocenters. The molecule has 2 heterocycles. The Labute approximate surface area is 203 Å². The lowest BCUT2D eigenvalue weighted by atomic mass is 10.0. The molecule has 2 aromatic heterocycles. The zero-order valence-corrected chi connectivity index (χ0v) is 19.5. The summed E-state index contributed by atoms with van der Waals surface area (Å²) in [6, 6.07) is 32.4. The van der Waals surface area contributed by atoms with Gasteiger partial charge in [-0.15, -0.1) is 0 Å². The van der Waals surface area contributed by atoms with Gasteiger partial charge in [0, 0.05) is 27.7 Å². The summed E-state index contributed by atoms with van der Waals surface area (Å²) in [5.74, 6) is 0. The average molecular weight is 453 g/mol. The fraction of sp³-hybridized carbons (Fsp3) is 0.0312. The van der Waals surface area contributed by atoms with Gasteiger partial charge in [0.15, 0.2) is 0 Å². The summed E-state index contributed by atoms with van der Waals surface area (Å²) < 4.78 is 4.04. The summed E-state index contributed by atoms with van der Waals surface area (Å²) in [5, 5.41) is 3.76. The van der Waals surface area contributed by atoms with E-state index in [9.17, 15) is 4.79 Å². The van der Waals surface area contributed by atoms with Crippen molar-refractivity contribution in [3.63, 3.8) is 0 Å². The molecule has 0 saturated carbocycles. The van der Waals surface area contributed by atoms with Gasteiger partial charge in [0.25, 0.3) is 5.56 Å². The Balaban J connectivity index is 1.84. The number of pyridine rings is 1. The van der Waals surface area contributed by atoms with Gasteiger partial charge in [0.2, 0.25) is 0 Å². The highest BCUT2D eigenvalue weighted by molar-refractivity contribution is 6.13. The first-order valence-corrected chi connectivity index (χ1v) is 11.7. The van der Waals surface area contributed by atoms with E-state index in [1.165, 1.54) is 0 Å². The molecule has 3 nitrogen and oxygen atoms in total. The van der Waals surface area contributed by atoms with Crippen LogP contribution in [0.15, 0.2) is 115 Å². The van der Waals surface area contributed by atoms with Gasteiger partial charge in [-0.3, -0.25) is 9.36 Å². The Hall–Kier alpha value is -4.63. The summed E-state index contributed by atoms with van der Waals surface area (Å²) in [7, 11) is 0. The second kappa shape index (κ2) is 8.30. The van der Waals surface area contributed by atoms with Crippen LogP contribution in [0.25, 0.3) is 56.1 Å². The third-order valence-electron chi connectivity index (χ3n) is 6.61. The lowest BCUT2D eigenvalue weighted by molar-refractivity contribution is 1.06. The Kier molecular flexibility index (Phi) is 4.97. The van der Waals surface area contributed by atoms with Crippen LogP contribution in [0.1, 0.15) is 18.2 Å². The molecule has 4 aromatic carbocycles. The van der Waals surface area contributed by atoms with Crippen LogP contribution in [-0.4, -0.2) is 9.13 Å². The first-order chi connectivity index (χ1) is 17.2. The molecule has 0 aliphatic heterocycles. The van der Waals surface area contributed by atoms with Gasteiger partial charge in [-0.2, -0.15) is 0 Å². The van der Waals surface area contributed by atoms with E-state index >= 15 is 0 Å². The number of nitrogens with zero attached hydrogens (tertiary/aromatic N) is 2. The number of benzene rings is 4. The second-order valence-corrected chi connectivity index (χ2v) is 8.58. The molecule has 6 rings (SSSR count). The molecule has 0 spiro atoms. The van der Waals surface area contributed by atoms with E-state index in [-0.39, 0.29) is 5.56 Å². The smallest absolute Gasteiger partial charge is 0.263 e. The summed E-state index contributed by atoms with van der Waals surface area (Å²) >= 11 is 0. The van der Waals surface area contributed by atoms with E-state index in [0.29, 0.717) is 5.39 Å². The SMILES string of the molecule is C=Cc1c(/C=C\C)n(-c2ccccc2)c2cc3c(=O)n(-c4ccccc4)c4ccccc4c3cc12. The van der Waals surface area contributed by atoms with Crippen molar-refractivity contribution < 1.29 is 0 Å². The molecular weight excluding hydrogens is 428 g/mol. The first kappa shape index (κ1) is 20.9. The van der Waals surface area contributed by atoms with Crippen molar-refractivity contribution in [1.29, 1.82) is 0 Å². The van der Waals surface area contributed by atoms with E-state index in [2.05, 4.69) is 41.5 Å². The number of hydrogen-bond acceptors (Lipinski definition) is 1. The van der Waals surface area contributed by atoms with Crippen molar-refractivity contribution in [3.05, 3.63) is 131 Å². The molecule has 0 aliphatic carbocycles. The highest BCUT2D eigenvalue weighted by atomic mass is 16.1. The number of aromatic nitrogens is 2. The predicted molar refractivity (Wildman–Crippen MR) is 149 cm³/mol. The lowest BCUT2D eigenvalue weighted by Gasteiger charge is -2.14. The van der Waals surface area contributed by atoms with Crippen LogP contribution >= 0.6 is 0 Å². The third kappa shape index (κ3) is 3.17. The average Bonchev–Trinajstić information content (AvgIpc) is 3.21. The minimum atomic E-state index is -0.0275. The van der Waals surface area contributed by atoms with Crippen molar-refractivity contribution >= 4 is 44.7 Å². The fourth-order valence-corrected chi connectivity index (χ4v) is 5.13. The third-order valence-corrected chi connectivity index (χ3v) is 6.61. The molecule has 0 aliphatic rings. The van der Waals surface area contributed by atoms with Crippen molar-refractivity contribution in [2.45, 2.75) is 6.92 Å². The maximum atomic E-state index is 14.0. The highest BCUT2D eigenvalue weighted by Crippen LogP contribution is 2.36. The molecule has 0 atom stereocenters. The number of para-hydroxylation sites is 3. The van der Waals surface area contributed by atoms with Crippen LogP contribution in [0.2, 0.25) is 0 Å². The van der Waals surface area contributed by atoms with Crippen LogP contribution in [-0.2, 0) is 0 Å². The van der Waals surface area contributed by atoms with Crippen LogP contribution in [0.3, 0.4) is 0 Å². The first-order valence-electron chi connectivity index (χ1n) is 11.7. The molecule has 35 heavy (non-hydrogen) atoms. The molecule has 3 heteroatoms. The van der Waals surface area contributed by atoms with E-state index < -0.39 is 0 Å². The van der Waals surface area contributed by atoms with Crippen molar-refractivity contribution in [3.8, 4) is 11.4 Å². The Morgan fingerprint density at radius 3 is 1.94 bits per heavy atom. The number of hydrogen-bond donors (Lipinski definition) is 0. The predicted octanol–water partition coefficient (Wildman–Crippen LogP) is 7.76. The topological polar surface area (TPSA) is 26.9 Å². The molecular formula is C32H24N2O. The van der Waals surface area contributed by atoms with Crippen LogP contribution in [0.4, 0.5) is 0 Å². The zero-order valence-electron chi connectivity index (χ0n) is 19.5. The van der Waals surface area contributed by atoms with Gasteiger partial charge in [-0.05, 0) is 60.9 Å². The summed E-state index contributed by atoms with van der Waals surface area (Å²) in [6.07, 6.45) is 6.06. The van der Waals surface area contributed by atoms with Crippen LogP contribution in [0, 0.1) is 0 Å². The zero-order chi connectivity index (χ0) is 23.9. The highest BCUT2D eigenvalue weighted by Gasteiger charge is 2.19. The lowest BCUT2D eigenvalue weighted by Crippen LogP contribution is -2.19. The standard InChI is InChI=1S/C32H24N2O/c1-3-13-29-24(4-2)27-20-26-25-18-11-12-19-30(25)34(23-16-9-6-10-17-23)32(35)28(26)21-31(27)33(29)22-14-7-5-8-15-22/h3-21H,2H2,1H3/b13-3-. The Morgan fingerprint density at radius 1 is 0.657 bits per heavy atom. The normalized spacial score (nSPS) is 11.7.